The van der Waals surface area contributed by atoms with Crippen molar-refractivity contribution < 1.29 is 23.8 Å². The summed E-state index contributed by atoms with van der Waals surface area (Å²) in [4.78, 5) is 26.4. The van der Waals surface area contributed by atoms with E-state index < -0.39 is 24.6 Å². The van der Waals surface area contributed by atoms with Crippen molar-refractivity contribution in [2.24, 2.45) is 0 Å². The smallest absolute Gasteiger partial charge is 0.328 e. The molecule has 0 radical (unpaired) electrons. The number of carboxylic acid groups (broad SMARTS) is 1. The Balaban J connectivity index is 1.94. The van der Waals surface area contributed by atoms with Crippen molar-refractivity contribution in [1.82, 2.24) is 10.3 Å². The number of pyridine rings is 1. The molecule has 7 heteroatoms. The maximum absolute atomic E-state index is 12.4. The van der Waals surface area contributed by atoms with E-state index in [1.807, 2.05) is 0 Å². The van der Waals surface area contributed by atoms with Crippen LogP contribution in [-0.4, -0.2) is 40.8 Å². The van der Waals surface area contributed by atoms with Crippen LogP contribution in [0.2, 0.25) is 0 Å². The van der Waals surface area contributed by atoms with E-state index in [4.69, 9.17) is 9.84 Å². The molecule has 114 valence electrons. The molecular formula is C14H17FN2O4. The van der Waals surface area contributed by atoms with E-state index in [0.717, 1.165) is 25.7 Å². The Kier molecular flexibility index (Phi) is 5.08. The third kappa shape index (κ3) is 4.14. The van der Waals surface area contributed by atoms with Crippen LogP contribution >= 0.6 is 0 Å². The van der Waals surface area contributed by atoms with E-state index >= 15 is 0 Å². The lowest BCUT2D eigenvalue weighted by atomic mass is 10.2. The first-order valence-corrected chi connectivity index (χ1v) is 6.82. The quantitative estimate of drug-likeness (QED) is 0.831. The van der Waals surface area contributed by atoms with Crippen LogP contribution in [0.25, 0.3) is 0 Å². The van der Waals surface area contributed by atoms with Gasteiger partial charge in [-0.1, -0.05) is 0 Å². The van der Waals surface area contributed by atoms with Gasteiger partial charge in [0.25, 0.3) is 5.91 Å². The fourth-order valence-electron chi connectivity index (χ4n) is 2.17. The van der Waals surface area contributed by atoms with Crippen molar-refractivity contribution in [1.29, 1.82) is 0 Å². The van der Waals surface area contributed by atoms with Crippen molar-refractivity contribution in [2.45, 2.75) is 37.8 Å². The van der Waals surface area contributed by atoms with E-state index in [9.17, 15) is 14.0 Å². The molecule has 1 aromatic heterocycles. The minimum Gasteiger partial charge on any atom is -0.480 e. The second-order valence-corrected chi connectivity index (χ2v) is 4.93. The number of carboxylic acids is 1. The van der Waals surface area contributed by atoms with Gasteiger partial charge in [-0.05, 0) is 31.7 Å². The number of hydrogen-bond donors (Lipinski definition) is 2. The summed E-state index contributed by atoms with van der Waals surface area (Å²) in [5.41, 5.74) is 0.161. The molecule has 2 N–H and O–H groups in total. The van der Waals surface area contributed by atoms with Crippen LogP contribution in [0.3, 0.4) is 0 Å². The average Bonchev–Trinajstić information content (AvgIpc) is 2.98. The zero-order valence-corrected chi connectivity index (χ0v) is 11.4. The van der Waals surface area contributed by atoms with Gasteiger partial charge in [0.2, 0.25) is 5.88 Å². The first-order chi connectivity index (χ1) is 10.1. The van der Waals surface area contributed by atoms with Gasteiger partial charge in [-0.15, -0.1) is 0 Å². The summed E-state index contributed by atoms with van der Waals surface area (Å²) >= 11 is 0. The molecule has 0 bridgehead atoms. The van der Waals surface area contributed by atoms with Gasteiger partial charge in [-0.3, -0.25) is 4.79 Å². The molecule has 1 aliphatic rings. The molecule has 1 fully saturated rings. The molecule has 0 saturated heterocycles. The summed E-state index contributed by atoms with van der Waals surface area (Å²) in [5, 5.41) is 10.8. The van der Waals surface area contributed by atoms with E-state index in [1.54, 1.807) is 6.07 Å². The lowest BCUT2D eigenvalue weighted by Gasteiger charge is -2.13. The van der Waals surface area contributed by atoms with Crippen LogP contribution in [0.4, 0.5) is 4.39 Å². The van der Waals surface area contributed by atoms with Crippen LogP contribution in [-0.2, 0) is 4.79 Å². The largest absolute Gasteiger partial charge is 0.480 e. The van der Waals surface area contributed by atoms with Gasteiger partial charge in [-0.2, -0.15) is 0 Å². The minimum atomic E-state index is -1.55. The lowest BCUT2D eigenvalue weighted by Crippen LogP contribution is -2.42. The minimum absolute atomic E-state index is 0.161. The Morgan fingerprint density at radius 1 is 1.43 bits per heavy atom. The van der Waals surface area contributed by atoms with Crippen LogP contribution in [0.5, 0.6) is 5.88 Å². The molecule has 0 aromatic carbocycles. The van der Waals surface area contributed by atoms with Crippen LogP contribution < -0.4 is 10.1 Å². The number of halogens is 1. The Labute approximate surface area is 121 Å². The number of nitrogens with zero attached hydrogens (tertiary/aromatic N) is 1. The Morgan fingerprint density at radius 2 is 2.14 bits per heavy atom. The number of nitrogens with one attached hydrogen (secondary N) is 1. The van der Waals surface area contributed by atoms with Crippen molar-refractivity contribution in [3.63, 3.8) is 0 Å². The number of aromatic nitrogens is 1. The molecule has 0 aliphatic heterocycles. The molecule has 1 amide bonds. The van der Waals surface area contributed by atoms with Gasteiger partial charge in [0.1, 0.15) is 12.8 Å². The highest BCUT2D eigenvalue weighted by Gasteiger charge is 2.21. The zero-order chi connectivity index (χ0) is 15.2. The summed E-state index contributed by atoms with van der Waals surface area (Å²) in [6.07, 6.45) is 5.74. The highest BCUT2D eigenvalue weighted by molar-refractivity contribution is 5.96. The molecule has 6 nitrogen and oxygen atoms in total. The zero-order valence-electron chi connectivity index (χ0n) is 11.4. The van der Waals surface area contributed by atoms with Crippen molar-refractivity contribution in [3.8, 4) is 5.88 Å². The average molecular weight is 296 g/mol. The summed E-state index contributed by atoms with van der Waals surface area (Å²) in [7, 11) is 0. The van der Waals surface area contributed by atoms with Gasteiger partial charge in [-0.25, -0.2) is 14.2 Å². The van der Waals surface area contributed by atoms with Gasteiger partial charge in [0.15, 0.2) is 6.04 Å². The highest BCUT2D eigenvalue weighted by atomic mass is 19.1. The Morgan fingerprint density at radius 3 is 2.67 bits per heavy atom. The number of aliphatic carboxylic acids is 1. The van der Waals surface area contributed by atoms with Crippen LogP contribution in [0.1, 0.15) is 36.0 Å². The lowest BCUT2D eigenvalue weighted by molar-refractivity contribution is -0.139. The second-order valence-electron chi connectivity index (χ2n) is 4.93. The summed E-state index contributed by atoms with van der Waals surface area (Å²) in [6, 6.07) is 1.48. The Bertz CT molecular complexity index is 500. The summed E-state index contributed by atoms with van der Waals surface area (Å²) in [5.74, 6) is -1.67. The molecule has 1 aliphatic carbocycles. The maximum atomic E-state index is 12.4. The summed E-state index contributed by atoms with van der Waals surface area (Å²) in [6.45, 7) is -1.17. The van der Waals surface area contributed by atoms with Gasteiger partial charge >= 0.3 is 5.97 Å². The van der Waals surface area contributed by atoms with Crippen molar-refractivity contribution in [2.75, 3.05) is 6.67 Å². The maximum Gasteiger partial charge on any atom is 0.328 e. The van der Waals surface area contributed by atoms with E-state index in [-0.39, 0.29) is 11.7 Å². The Hall–Kier alpha value is -2.18. The molecule has 1 unspecified atom stereocenters. The molecular weight excluding hydrogens is 279 g/mol. The normalized spacial score (nSPS) is 16.4. The van der Waals surface area contributed by atoms with Crippen LogP contribution in [0, 0.1) is 0 Å². The fourth-order valence-corrected chi connectivity index (χ4v) is 2.17. The summed E-state index contributed by atoms with van der Waals surface area (Å²) < 4.78 is 18.1. The third-order valence-corrected chi connectivity index (χ3v) is 3.35. The number of amides is 1. The topological polar surface area (TPSA) is 88.5 Å². The highest BCUT2D eigenvalue weighted by Crippen LogP contribution is 2.22. The number of hydrogen-bond acceptors (Lipinski definition) is 4. The standard InChI is InChI=1S/C14H17FN2O4/c15-7-11(14(19)20)17-13(18)9-5-6-12(16-8-9)21-10-3-1-2-4-10/h5-6,8,10-11H,1-4,7H2,(H,17,18)(H,19,20). The first-order valence-electron chi connectivity index (χ1n) is 6.82. The molecule has 2 rings (SSSR count). The van der Waals surface area contributed by atoms with Crippen LogP contribution in [0.15, 0.2) is 18.3 Å². The first kappa shape index (κ1) is 15.2. The SMILES string of the molecule is O=C(NC(CF)C(=O)O)c1ccc(OC2CCCC2)nc1. The van der Waals surface area contributed by atoms with E-state index in [1.165, 1.54) is 12.3 Å². The van der Waals surface area contributed by atoms with Crippen molar-refractivity contribution in [3.05, 3.63) is 23.9 Å². The monoisotopic (exact) mass is 296 g/mol. The van der Waals surface area contributed by atoms with Crippen molar-refractivity contribution >= 4 is 11.9 Å². The number of alkyl halides is 1. The fraction of sp³-hybridized carbons (Fsp3) is 0.500. The molecule has 21 heavy (non-hydrogen) atoms. The molecule has 0 spiro atoms. The number of rotatable bonds is 6. The number of carbonyl (C=O) groups excluding carboxylic acids is 1. The third-order valence-electron chi connectivity index (χ3n) is 3.35. The van der Waals surface area contributed by atoms with Gasteiger partial charge < -0.3 is 15.2 Å². The molecule has 1 aromatic rings. The molecule has 1 heterocycles. The van der Waals surface area contributed by atoms with Gasteiger partial charge in [0.05, 0.1) is 5.56 Å². The predicted molar refractivity (Wildman–Crippen MR) is 72.0 cm³/mol. The number of carbonyl (C=O) groups is 2. The second kappa shape index (κ2) is 7.01. The molecule has 1 atom stereocenters. The van der Waals surface area contributed by atoms with E-state index in [0.29, 0.717) is 5.88 Å². The molecule has 1 saturated carbocycles. The van der Waals surface area contributed by atoms with Gasteiger partial charge in [0, 0.05) is 12.3 Å². The predicted octanol–water partition coefficient (Wildman–Crippen LogP) is 1.56. The number of ether oxygens (including phenoxy) is 1. The van der Waals surface area contributed by atoms with E-state index in [2.05, 4.69) is 10.3 Å².